The molecule has 0 N–H and O–H groups in total. The first kappa shape index (κ1) is 80.1. The highest BCUT2D eigenvalue weighted by molar-refractivity contribution is 7.26. The Labute approximate surface area is 783 Å². The Morgan fingerprint density at radius 3 is 0.865 bits per heavy atom. The maximum atomic E-state index is 4.90. The molecule has 6 heterocycles. The SMILES string of the molecule is CC1(C)c2ccccc2-c2ccc(N(c3ccc(-c4ccccc4)cc3)c3ccc(-c4ccc5c(c4)ncc4sc6ccccc6c45)cc3)cc21.c1ccc(-c2ccc(N(c3ccc(-c4ccc5c(c4)ncc4sc6ccccc6c45)cc3)c3ccc4ccccc4c3)cc2)cc1.c1ccc(N(c2ccccc2)c2ccc(-c3ccc4c(c3)ncc3sc5ccccc5c34)cc2)cc1. The van der Waals surface area contributed by atoms with Gasteiger partial charge in [0.05, 0.1) is 30.6 Å². The van der Waals surface area contributed by atoms with Gasteiger partial charge in [0.2, 0.25) is 0 Å². The number of fused-ring (bicyclic) bond motifs is 19. The largest absolute Gasteiger partial charge is 0.311 e. The number of nitrogens with zero attached hydrogens (tertiary/aromatic N) is 6. The van der Waals surface area contributed by atoms with Crippen LogP contribution in [0.1, 0.15) is 25.0 Å². The lowest BCUT2D eigenvalue weighted by Crippen LogP contribution is -2.16. The molecule has 6 aromatic heterocycles. The molecule has 25 aromatic rings. The summed E-state index contributed by atoms with van der Waals surface area (Å²) >= 11 is 5.43. The Morgan fingerprint density at radius 1 is 0.188 bits per heavy atom. The van der Waals surface area contributed by atoms with Crippen molar-refractivity contribution in [3.63, 3.8) is 0 Å². The van der Waals surface area contributed by atoms with E-state index in [9.17, 15) is 0 Å². The molecule has 133 heavy (non-hydrogen) atoms. The lowest BCUT2D eigenvalue weighted by molar-refractivity contribution is 0.660. The summed E-state index contributed by atoms with van der Waals surface area (Å²) in [5.41, 5.74) is 30.4. The van der Waals surface area contributed by atoms with Gasteiger partial charge in [0.25, 0.3) is 0 Å². The summed E-state index contributed by atoms with van der Waals surface area (Å²) in [6, 6.07) is 164. The van der Waals surface area contributed by atoms with E-state index in [-0.39, 0.29) is 5.41 Å². The van der Waals surface area contributed by atoms with Gasteiger partial charge >= 0.3 is 0 Å². The van der Waals surface area contributed by atoms with Crippen LogP contribution in [0.15, 0.2) is 474 Å². The maximum Gasteiger partial charge on any atom is 0.0715 e. The molecule has 0 saturated heterocycles. The Balaban J connectivity index is 0.000000111. The number of pyridine rings is 3. The number of para-hydroxylation sites is 2. The summed E-state index contributed by atoms with van der Waals surface area (Å²) in [5, 5.41) is 13.9. The van der Waals surface area contributed by atoms with Crippen molar-refractivity contribution in [2.75, 3.05) is 14.7 Å². The van der Waals surface area contributed by atoms with Crippen molar-refractivity contribution >= 4 is 189 Å². The number of hydrogen-bond donors (Lipinski definition) is 0. The lowest BCUT2D eigenvalue weighted by Gasteiger charge is -2.28. The fourth-order valence-corrected chi connectivity index (χ4v) is 23.0. The molecule has 0 radical (unpaired) electrons. The summed E-state index contributed by atoms with van der Waals surface area (Å²) in [5.74, 6) is 0. The number of benzene rings is 19. The predicted molar refractivity (Wildman–Crippen MR) is 570 cm³/mol. The van der Waals surface area contributed by atoms with Crippen molar-refractivity contribution in [1.29, 1.82) is 0 Å². The van der Waals surface area contributed by atoms with Crippen molar-refractivity contribution in [3.05, 3.63) is 485 Å². The van der Waals surface area contributed by atoms with Crippen LogP contribution in [0.2, 0.25) is 0 Å². The molecule has 6 nitrogen and oxygen atoms in total. The van der Waals surface area contributed by atoms with Crippen LogP contribution in [-0.4, -0.2) is 15.0 Å². The second kappa shape index (κ2) is 34.0. The topological polar surface area (TPSA) is 48.4 Å². The number of anilines is 9. The molecule has 26 rings (SSSR count). The average molecular weight is 1750 g/mol. The Bertz CT molecular complexity index is 8660. The monoisotopic (exact) mass is 1750 g/mol. The van der Waals surface area contributed by atoms with E-state index in [0.29, 0.717) is 0 Å². The average Bonchev–Trinajstić information content (AvgIpc) is 1.59. The molecule has 1 aliphatic carbocycles. The molecule has 0 aliphatic heterocycles. The molecule has 0 saturated carbocycles. The van der Waals surface area contributed by atoms with E-state index in [1.807, 2.05) is 52.6 Å². The van der Waals surface area contributed by atoms with Crippen LogP contribution in [0.25, 0.3) is 171 Å². The fraction of sp³-hybridized carbons (Fsp3) is 0.0242. The minimum absolute atomic E-state index is 0.0837. The number of hydrogen-bond acceptors (Lipinski definition) is 9. The standard InChI is InChI=1S/C48H34N2S.C43H28N2S.C33H22N2S/c1-48(2)42-14-8-6-12-38(42)39-27-25-37(29-43(39)48)50(35-21-16-32(17-22-35)31-10-4-3-5-11-31)36-23-18-33(19-24-36)34-20-26-40-44(28-34)49-30-46-47(40)41-13-7-9-15-45(41)51-46;1-2-8-29(9-3-1)31-14-20-35(21-15-31)45(37-24-18-30-10-4-5-11-33(30)26-37)36-22-16-32(17-23-36)34-19-25-38-40(27-34)44-28-42-43(38)39-12-6-7-13-41(39)46-42;1-3-9-25(10-4-1)35(26-11-5-2-6-12-26)27-18-15-23(16-19-27)24-17-20-28-30(21-24)34-22-32-33(28)29-13-7-8-14-31(29)36-32/h3-30H,1-2H3;1-28H;1-22H. The Morgan fingerprint density at radius 2 is 0.466 bits per heavy atom. The van der Waals surface area contributed by atoms with Crippen LogP contribution in [-0.2, 0) is 5.41 Å². The van der Waals surface area contributed by atoms with E-state index in [1.54, 1.807) is 0 Å². The predicted octanol–water partition coefficient (Wildman–Crippen LogP) is 36.0. The van der Waals surface area contributed by atoms with Gasteiger partial charge in [-0.3, -0.25) is 15.0 Å². The number of thiophene rings is 3. The first-order chi connectivity index (χ1) is 65.7. The highest BCUT2D eigenvalue weighted by atomic mass is 32.1. The van der Waals surface area contributed by atoms with Gasteiger partial charge in [-0.15, -0.1) is 34.0 Å². The zero-order chi connectivity index (χ0) is 88.5. The third kappa shape index (κ3) is 14.9. The third-order valence-electron chi connectivity index (χ3n) is 26.3. The van der Waals surface area contributed by atoms with Crippen molar-refractivity contribution in [3.8, 4) is 66.8 Å². The van der Waals surface area contributed by atoms with E-state index in [2.05, 4.69) is 484 Å². The van der Waals surface area contributed by atoms with Gasteiger partial charge in [0, 0.05) is 138 Å². The van der Waals surface area contributed by atoms with Crippen molar-refractivity contribution in [2.24, 2.45) is 0 Å². The van der Waals surface area contributed by atoms with Crippen LogP contribution >= 0.6 is 34.0 Å². The molecular weight excluding hydrogens is 1670 g/mol. The second-order valence-electron chi connectivity index (χ2n) is 34.6. The van der Waals surface area contributed by atoms with E-state index in [4.69, 9.17) is 15.0 Å². The fourth-order valence-electron chi connectivity index (χ4n) is 19.7. The highest BCUT2D eigenvalue weighted by Gasteiger charge is 2.36. The van der Waals surface area contributed by atoms with E-state index >= 15 is 0 Å². The molecule has 0 bridgehead atoms. The van der Waals surface area contributed by atoms with E-state index in [0.717, 1.165) is 78.9 Å². The van der Waals surface area contributed by atoms with Crippen LogP contribution in [0, 0.1) is 0 Å². The van der Waals surface area contributed by atoms with Crippen LogP contribution in [0.3, 0.4) is 0 Å². The summed E-state index contributed by atoms with van der Waals surface area (Å²) in [6.45, 7) is 4.69. The quantitative estimate of drug-likeness (QED) is 0.108. The number of aromatic nitrogens is 3. The van der Waals surface area contributed by atoms with Gasteiger partial charge in [0.1, 0.15) is 0 Å². The van der Waals surface area contributed by atoms with Gasteiger partial charge in [-0.2, -0.15) is 0 Å². The van der Waals surface area contributed by atoms with Gasteiger partial charge in [-0.05, 0) is 234 Å². The molecule has 1 aliphatic rings. The highest BCUT2D eigenvalue weighted by Crippen LogP contribution is 2.52. The molecular formula is C124H84N6S3. The summed E-state index contributed by atoms with van der Waals surface area (Å²) in [4.78, 5) is 21.6. The summed E-state index contributed by atoms with van der Waals surface area (Å²) in [7, 11) is 0. The van der Waals surface area contributed by atoms with E-state index in [1.165, 1.54) is 154 Å². The molecule has 0 amide bonds. The van der Waals surface area contributed by atoms with Crippen LogP contribution in [0.4, 0.5) is 51.2 Å². The summed E-state index contributed by atoms with van der Waals surface area (Å²) in [6.07, 6.45) is 6.08. The van der Waals surface area contributed by atoms with Crippen molar-refractivity contribution in [2.45, 2.75) is 19.3 Å². The molecule has 9 heteroatoms. The Kier molecular flexibility index (Phi) is 20.5. The van der Waals surface area contributed by atoms with Crippen molar-refractivity contribution < 1.29 is 0 Å². The molecule has 0 spiro atoms. The molecule has 0 fully saturated rings. The molecule has 19 aromatic carbocycles. The normalized spacial score (nSPS) is 12.0. The molecule has 628 valence electrons. The molecule has 0 unspecified atom stereocenters. The Hall–Kier alpha value is -16.3. The van der Waals surface area contributed by atoms with Crippen LogP contribution < -0.4 is 14.7 Å². The zero-order valence-electron chi connectivity index (χ0n) is 72.9. The van der Waals surface area contributed by atoms with Gasteiger partial charge in [-0.25, -0.2) is 0 Å². The first-order valence-electron chi connectivity index (χ1n) is 45.1. The van der Waals surface area contributed by atoms with Crippen molar-refractivity contribution in [1.82, 2.24) is 15.0 Å². The third-order valence-corrected chi connectivity index (χ3v) is 29.6. The van der Waals surface area contributed by atoms with E-state index < -0.39 is 0 Å². The van der Waals surface area contributed by atoms with Crippen LogP contribution in [0.5, 0.6) is 0 Å². The summed E-state index contributed by atoms with van der Waals surface area (Å²) < 4.78 is 7.62. The second-order valence-corrected chi connectivity index (χ2v) is 37.8. The van der Waals surface area contributed by atoms with Gasteiger partial charge in [-0.1, -0.05) is 323 Å². The minimum atomic E-state index is -0.0837. The number of rotatable bonds is 14. The smallest absolute Gasteiger partial charge is 0.0715 e. The first-order valence-corrected chi connectivity index (χ1v) is 47.6. The molecule has 0 atom stereocenters. The van der Waals surface area contributed by atoms with Gasteiger partial charge < -0.3 is 14.7 Å². The maximum absolute atomic E-state index is 4.90. The zero-order valence-corrected chi connectivity index (χ0v) is 75.4. The minimum Gasteiger partial charge on any atom is -0.311 e. The van der Waals surface area contributed by atoms with Gasteiger partial charge in [0.15, 0.2) is 0 Å². The lowest BCUT2D eigenvalue weighted by atomic mass is 9.82.